The molecule has 0 N–H and O–H groups in total. The average Bonchev–Trinajstić information content (AvgIpc) is 3.41. The SMILES string of the molecule is COc1cccc(S(=O)(=O)N2CCC3(CCN(C(=O)CC4OC(=O)c5ccccc54)C3)CC2)c1. The Bertz CT molecular complexity index is 1220. The second-order valence-electron chi connectivity index (χ2n) is 9.33. The highest BCUT2D eigenvalue weighted by Gasteiger charge is 2.45. The zero-order valence-electron chi connectivity index (χ0n) is 19.1. The van der Waals surface area contributed by atoms with Gasteiger partial charge < -0.3 is 14.4 Å². The third-order valence-electron chi connectivity index (χ3n) is 7.39. The summed E-state index contributed by atoms with van der Waals surface area (Å²) >= 11 is 0. The fourth-order valence-electron chi connectivity index (χ4n) is 5.33. The Morgan fingerprint density at radius 2 is 1.82 bits per heavy atom. The van der Waals surface area contributed by atoms with Gasteiger partial charge in [0.2, 0.25) is 15.9 Å². The van der Waals surface area contributed by atoms with E-state index in [1.165, 1.54) is 11.4 Å². The molecule has 8 nitrogen and oxygen atoms in total. The predicted octanol–water partition coefficient (Wildman–Crippen LogP) is 3.00. The number of methoxy groups -OCH3 is 1. The molecule has 34 heavy (non-hydrogen) atoms. The summed E-state index contributed by atoms with van der Waals surface area (Å²) in [6, 6.07) is 13.7. The molecule has 0 aromatic heterocycles. The Kier molecular flexibility index (Phi) is 5.85. The lowest BCUT2D eigenvalue weighted by Gasteiger charge is -2.38. The third kappa shape index (κ3) is 4.07. The van der Waals surface area contributed by atoms with Crippen LogP contribution in [-0.2, 0) is 19.6 Å². The lowest BCUT2D eigenvalue weighted by Crippen LogP contribution is -2.44. The van der Waals surface area contributed by atoms with Gasteiger partial charge in [0, 0.05) is 37.8 Å². The van der Waals surface area contributed by atoms with Crippen molar-refractivity contribution in [1.82, 2.24) is 9.21 Å². The molecule has 1 unspecified atom stereocenters. The summed E-state index contributed by atoms with van der Waals surface area (Å²) in [6.07, 6.45) is 1.87. The number of amides is 1. The first-order valence-electron chi connectivity index (χ1n) is 11.5. The highest BCUT2D eigenvalue weighted by Crippen LogP contribution is 2.42. The van der Waals surface area contributed by atoms with Gasteiger partial charge in [0.15, 0.2) is 0 Å². The molecule has 180 valence electrons. The van der Waals surface area contributed by atoms with Crippen molar-refractivity contribution in [1.29, 1.82) is 0 Å². The third-order valence-corrected chi connectivity index (χ3v) is 9.28. The van der Waals surface area contributed by atoms with Crippen molar-refractivity contribution >= 4 is 21.9 Å². The van der Waals surface area contributed by atoms with Crippen molar-refractivity contribution in [2.24, 2.45) is 5.41 Å². The van der Waals surface area contributed by atoms with Gasteiger partial charge in [-0.15, -0.1) is 0 Å². The van der Waals surface area contributed by atoms with Crippen LogP contribution in [0, 0.1) is 5.41 Å². The summed E-state index contributed by atoms with van der Waals surface area (Å²) in [6.45, 7) is 2.11. The van der Waals surface area contributed by atoms with E-state index in [1.807, 2.05) is 17.0 Å². The van der Waals surface area contributed by atoms with Crippen LogP contribution in [0.5, 0.6) is 5.75 Å². The van der Waals surface area contributed by atoms with Gasteiger partial charge in [-0.3, -0.25) is 4.79 Å². The highest BCUT2D eigenvalue weighted by atomic mass is 32.2. The summed E-state index contributed by atoms with van der Waals surface area (Å²) < 4.78 is 38.4. The van der Waals surface area contributed by atoms with Crippen LogP contribution < -0.4 is 4.74 Å². The maximum atomic E-state index is 13.1. The number of likely N-dealkylation sites (tertiary alicyclic amines) is 1. The lowest BCUT2D eigenvalue weighted by molar-refractivity contribution is -0.132. The van der Waals surface area contributed by atoms with Crippen LogP contribution >= 0.6 is 0 Å². The Morgan fingerprint density at radius 3 is 2.59 bits per heavy atom. The Labute approximate surface area is 199 Å². The van der Waals surface area contributed by atoms with Gasteiger partial charge in [0.1, 0.15) is 11.9 Å². The minimum atomic E-state index is -3.60. The van der Waals surface area contributed by atoms with E-state index in [0.717, 1.165) is 12.0 Å². The lowest BCUT2D eigenvalue weighted by atomic mass is 9.78. The summed E-state index contributed by atoms with van der Waals surface area (Å²) in [5, 5.41) is 0. The molecular weight excluding hydrogens is 456 g/mol. The number of sulfonamides is 1. The normalized spacial score (nSPS) is 22.0. The summed E-state index contributed by atoms with van der Waals surface area (Å²) in [7, 11) is -2.08. The first kappa shape index (κ1) is 22.9. The number of fused-ring (bicyclic) bond motifs is 1. The van der Waals surface area contributed by atoms with Gasteiger partial charge in [-0.2, -0.15) is 4.31 Å². The van der Waals surface area contributed by atoms with Crippen molar-refractivity contribution in [2.45, 2.75) is 36.7 Å². The molecule has 0 aliphatic carbocycles. The summed E-state index contributed by atoms with van der Waals surface area (Å²) in [5.41, 5.74) is 1.23. The molecule has 3 heterocycles. The molecule has 2 fully saturated rings. The molecular formula is C25H28N2O6S. The van der Waals surface area contributed by atoms with E-state index in [-0.39, 0.29) is 28.6 Å². The first-order valence-corrected chi connectivity index (χ1v) is 13.0. The molecule has 9 heteroatoms. The second-order valence-corrected chi connectivity index (χ2v) is 11.3. The topological polar surface area (TPSA) is 93.2 Å². The smallest absolute Gasteiger partial charge is 0.339 e. The van der Waals surface area contributed by atoms with Crippen LogP contribution in [0.3, 0.4) is 0 Å². The maximum Gasteiger partial charge on any atom is 0.339 e. The van der Waals surface area contributed by atoms with Crippen LogP contribution in [0.2, 0.25) is 0 Å². The van der Waals surface area contributed by atoms with Crippen molar-refractivity contribution in [3.8, 4) is 5.75 Å². The number of piperidine rings is 1. The van der Waals surface area contributed by atoms with Crippen molar-refractivity contribution in [3.05, 3.63) is 59.7 Å². The number of hydrogen-bond acceptors (Lipinski definition) is 6. The number of hydrogen-bond donors (Lipinski definition) is 0. The number of carbonyl (C=O) groups excluding carboxylic acids is 2. The fraction of sp³-hybridized carbons (Fsp3) is 0.440. The van der Waals surface area contributed by atoms with E-state index >= 15 is 0 Å². The zero-order valence-corrected chi connectivity index (χ0v) is 19.9. The standard InChI is InChI=1S/C25H28N2O6S/c1-32-18-5-4-6-19(15-18)34(30,31)27-13-10-25(11-14-27)9-12-26(17-25)23(28)16-22-20-7-2-3-8-21(20)24(29)33-22/h2-8,15,22H,9-14,16-17H2,1H3. The number of rotatable bonds is 5. The van der Waals surface area contributed by atoms with Crippen molar-refractivity contribution in [2.75, 3.05) is 33.3 Å². The molecule has 1 spiro atoms. The van der Waals surface area contributed by atoms with E-state index in [2.05, 4.69) is 0 Å². The quantitative estimate of drug-likeness (QED) is 0.606. The minimum Gasteiger partial charge on any atom is -0.497 e. The van der Waals surface area contributed by atoms with Gasteiger partial charge >= 0.3 is 5.97 Å². The number of ether oxygens (including phenoxy) is 2. The van der Waals surface area contributed by atoms with Gasteiger partial charge in [-0.05, 0) is 42.9 Å². The Morgan fingerprint density at radius 1 is 1.09 bits per heavy atom. The van der Waals surface area contributed by atoms with E-state index < -0.39 is 16.1 Å². The fourth-order valence-corrected chi connectivity index (χ4v) is 6.80. The monoisotopic (exact) mass is 484 g/mol. The van der Waals surface area contributed by atoms with Crippen LogP contribution in [0.1, 0.15) is 47.7 Å². The van der Waals surface area contributed by atoms with E-state index in [0.29, 0.717) is 50.3 Å². The highest BCUT2D eigenvalue weighted by molar-refractivity contribution is 7.89. The van der Waals surface area contributed by atoms with E-state index in [4.69, 9.17) is 9.47 Å². The first-order chi connectivity index (χ1) is 16.3. The van der Waals surface area contributed by atoms with Crippen LogP contribution in [0.25, 0.3) is 0 Å². The Hall–Kier alpha value is -2.91. The van der Waals surface area contributed by atoms with Crippen LogP contribution in [-0.4, -0.2) is 62.8 Å². The summed E-state index contributed by atoms with van der Waals surface area (Å²) in [5.74, 6) is 0.101. The molecule has 3 aliphatic heterocycles. The Balaban J connectivity index is 1.20. The largest absolute Gasteiger partial charge is 0.497 e. The second kappa shape index (κ2) is 8.70. The van der Waals surface area contributed by atoms with Gasteiger partial charge in [-0.1, -0.05) is 24.3 Å². The molecule has 0 radical (unpaired) electrons. The molecule has 2 aromatic carbocycles. The number of esters is 1. The van der Waals surface area contributed by atoms with E-state index in [1.54, 1.807) is 36.4 Å². The van der Waals surface area contributed by atoms with Gasteiger partial charge in [0.25, 0.3) is 0 Å². The molecule has 5 rings (SSSR count). The van der Waals surface area contributed by atoms with Crippen LogP contribution in [0.4, 0.5) is 0 Å². The minimum absolute atomic E-state index is 0.0298. The van der Waals surface area contributed by atoms with Crippen LogP contribution in [0.15, 0.2) is 53.4 Å². The van der Waals surface area contributed by atoms with E-state index in [9.17, 15) is 18.0 Å². The predicted molar refractivity (Wildman–Crippen MR) is 124 cm³/mol. The molecule has 0 saturated carbocycles. The van der Waals surface area contributed by atoms with Crippen molar-refractivity contribution < 1.29 is 27.5 Å². The number of cyclic esters (lactones) is 1. The molecule has 2 aromatic rings. The summed E-state index contributed by atoms with van der Waals surface area (Å²) in [4.78, 5) is 27.2. The number of benzene rings is 2. The molecule has 0 bridgehead atoms. The average molecular weight is 485 g/mol. The van der Waals surface area contributed by atoms with Crippen molar-refractivity contribution in [3.63, 3.8) is 0 Å². The van der Waals surface area contributed by atoms with Gasteiger partial charge in [-0.25, -0.2) is 13.2 Å². The number of nitrogens with zero attached hydrogens (tertiary/aromatic N) is 2. The molecule has 3 aliphatic rings. The zero-order chi connectivity index (χ0) is 23.9. The maximum absolute atomic E-state index is 13.1. The van der Waals surface area contributed by atoms with Gasteiger partial charge in [0.05, 0.1) is 24.0 Å². The molecule has 1 amide bonds. The number of carbonyl (C=O) groups is 2. The molecule has 2 saturated heterocycles. The molecule has 1 atom stereocenters.